The zero-order valence-corrected chi connectivity index (χ0v) is 26.6. The van der Waals surface area contributed by atoms with Gasteiger partial charge in [0, 0.05) is 18.3 Å². The van der Waals surface area contributed by atoms with Gasteiger partial charge in [0.05, 0.1) is 31.3 Å². The summed E-state index contributed by atoms with van der Waals surface area (Å²) in [6, 6.07) is 14.7. The summed E-state index contributed by atoms with van der Waals surface area (Å²) in [7, 11) is -2.01. The Morgan fingerprint density at radius 1 is 1.15 bits per heavy atom. The second kappa shape index (κ2) is 14.6. The van der Waals surface area contributed by atoms with Crippen molar-refractivity contribution in [2.45, 2.75) is 103 Å². The largest absolute Gasteiger partial charge is 0.461 e. The van der Waals surface area contributed by atoms with Gasteiger partial charge in [0.25, 0.3) is 0 Å². The molecule has 4 atom stereocenters. The Labute approximate surface area is 247 Å². The van der Waals surface area contributed by atoms with E-state index < -0.39 is 14.4 Å². The zero-order valence-electron chi connectivity index (χ0n) is 25.6. The lowest BCUT2D eigenvalue weighted by Gasteiger charge is -2.40. The first-order valence-corrected chi connectivity index (χ1v) is 17.5. The SMILES string of the molecule is CCCC[Si](OC[C@@H]1ON(Cc2cccc(C#CCNCc3ccccn3)c2)[C@@H]2C(=O)O[C@@H](C)[C@H]12)(C(C)C)C(C)C. The van der Waals surface area contributed by atoms with Gasteiger partial charge in [0.15, 0.2) is 8.32 Å². The van der Waals surface area contributed by atoms with Crippen LogP contribution in [0.15, 0.2) is 48.7 Å². The molecule has 0 saturated carbocycles. The van der Waals surface area contributed by atoms with Crippen molar-refractivity contribution >= 4 is 14.3 Å². The monoisotopic (exact) mass is 577 g/mol. The average Bonchev–Trinajstić information content (AvgIpc) is 3.46. The minimum absolute atomic E-state index is 0.0483. The summed E-state index contributed by atoms with van der Waals surface area (Å²) in [6.07, 6.45) is 3.73. The summed E-state index contributed by atoms with van der Waals surface area (Å²) in [6.45, 7) is 15.7. The van der Waals surface area contributed by atoms with E-state index in [9.17, 15) is 4.79 Å². The van der Waals surface area contributed by atoms with Crippen LogP contribution >= 0.6 is 0 Å². The van der Waals surface area contributed by atoms with Crippen LogP contribution in [0.3, 0.4) is 0 Å². The Kier molecular flexibility index (Phi) is 11.2. The molecule has 2 aromatic rings. The molecule has 4 rings (SSSR count). The van der Waals surface area contributed by atoms with Crippen LogP contribution in [0.4, 0.5) is 0 Å². The molecule has 0 unspecified atom stereocenters. The Bertz CT molecular complexity index is 1190. The number of nitrogens with zero attached hydrogens (tertiary/aromatic N) is 2. The van der Waals surface area contributed by atoms with Crippen LogP contribution in [0.1, 0.15) is 71.2 Å². The van der Waals surface area contributed by atoms with Crippen LogP contribution in [0.25, 0.3) is 0 Å². The van der Waals surface area contributed by atoms with Crippen LogP contribution in [-0.4, -0.2) is 55.7 Å². The number of pyridine rings is 1. The molecule has 0 aliphatic carbocycles. The number of hydrogen-bond acceptors (Lipinski definition) is 7. The van der Waals surface area contributed by atoms with Crippen LogP contribution in [0.2, 0.25) is 17.1 Å². The molecule has 0 amide bonds. The van der Waals surface area contributed by atoms with E-state index in [0.717, 1.165) is 22.9 Å². The topological polar surface area (TPSA) is 72.9 Å². The van der Waals surface area contributed by atoms with Gasteiger partial charge < -0.3 is 14.5 Å². The molecule has 2 aliphatic heterocycles. The molecule has 2 saturated heterocycles. The molecule has 1 N–H and O–H groups in total. The first kappa shape index (κ1) is 31.4. The number of esters is 1. The molecule has 0 spiro atoms. The number of aromatic nitrogens is 1. The molecule has 0 radical (unpaired) electrons. The van der Waals surface area contributed by atoms with Gasteiger partial charge in [-0.15, -0.1) is 0 Å². The molecule has 222 valence electrons. The van der Waals surface area contributed by atoms with Crippen molar-refractivity contribution in [3.8, 4) is 11.8 Å². The molecule has 2 fully saturated rings. The van der Waals surface area contributed by atoms with E-state index in [1.54, 1.807) is 6.20 Å². The van der Waals surface area contributed by atoms with E-state index in [-0.39, 0.29) is 24.1 Å². The Morgan fingerprint density at radius 2 is 1.95 bits per heavy atom. The lowest BCUT2D eigenvalue weighted by atomic mass is 9.93. The van der Waals surface area contributed by atoms with Crippen molar-refractivity contribution in [1.82, 2.24) is 15.4 Å². The highest BCUT2D eigenvalue weighted by Crippen LogP contribution is 2.42. The van der Waals surface area contributed by atoms with Crippen molar-refractivity contribution in [3.05, 3.63) is 65.5 Å². The van der Waals surface area contributed by atoms with Gasteiger partial charge in [0.2, 0.25) is 0 Å². The van der Waals surface area contributed by atoms with Crippen LogP contribution < -0.4 is 5.32 Å². The maximum Gasteiger partial charge on any atom is 0.326 e. The van der Waals surface area contributed by atoms with Gasteiger partial charge in [0.1, 0.15) is 18.2 Å². The third-order valence-corrected chi connectivity index (χ3v) is 14.3. The minimum atomic E-state index is -2.01. The normalized spacial score (nSPS) is 22.6. The molecule has 7 nitrogen and oxygen atoms in total. The molecule has 3 heterocycles. The van der Waals surface area contributed by atoms with Crippen LogP contribution in [0, 0.1) is 17.8 Å². The average molecular weight is 578 g/mol. The number of hydrogen-bond donors (Lipinski definition) is 1. The number of nitrogens with one attached hydrogen (secondary N) is 1. The third-order valence-electron chi connectivity index (χ3n) is 8.60. The standard InChI is InChI=1S/C33H47N3O4Si/c1-7-8-19-41(24(2)3,25(4)5)38-23-30-31-26(6)39-33(37)32(31)36(40-30)22-28-14-11-13-27(20-28)15-12-17-34-21-29-16-9-10-18-35-29/h9-11,13-14,16,18,20,24-26,30-32,34H,7-8,17,19,21-23H2,1-6H3/t26-,30-,31+,32-/m0/s1. The number of unbranched alkanes of at least 4 members (excludes halogenated alkanes) is 1. The van der Waals surface area contributed by atoms with Crippen molar-refractivity contribution < 1.29 is 18.8 Å². The van der Waals surface area contributed by atoms with Gasteiger partial charge in [-0.05, 0) is 53.9 Å². The summed E-state index contributed by atoms with van der Waals surface area (Å²) >= 11 is 0. The zero-order chi connectivity index (χ0) is 29.4. The fraction of sp³-hybridized carbons (Fsp3) is 0.576. The Hall–Kier alpha value is -2.54. The Balaban J connectivity index is 1.41. The van der Waals surface area contributed by atoms with Crippen LogP contribution in [0.5, 0.6) is 0 Å². The molecular formula is C33H47N3O4Si. The molecule has 8 heteroatoms. The molecule has 0 bridgehead atoms. The number of fused-ring (bicyclic) bond motifs is 1. The fourth-order valence-electron chi connectivity index (χ4n) is 6.32. The molecule has 1 aromatic heterocycles. The maximum absolute atomic E-state index is 12.9. The summed E-state index contributed by atoms with van der Waals surface area (Å²) in [5, 5.41) is 5.13. The van der Waals surface area contributed by atoms with E-state index >= 15 is 0 Å². The summed E-state index contributed by atoms with van der Waals surface area (Å²) in [5.41, 5.74) is 3.99. The second-order valence-electron chi connectivity index (χ2n) is 12.0. The lowest BCUT2D eigenvalue weighted by Crippen LogP contribution is -2.47. The molecule has 2 aliphatic rings. The number of carbonyl (C=O) groups excluding carboxylic acids is 1. The van der Waals surface area contributed by atoms with Gasteiger partial charge in [-0.2, -0.15) is 5.06 Å². The van der Waals surface area contributed by atoms with E-state index in [1.165, 1.54) is 12.8 Å². The molecule has 1 aromatic carbocycles. The minimum Gasteiger partial charge on any atom is -0.461 e. The number of benzene rings is 1. The molecule has 41 heavy (non-hydrogen) atoms. The predicted octanol–water partition coefficient (Wildman–Crippen LogP) is 5.85. The van der Waals surface area contributed by atoms with Crippen LogP contribution in [-0.2, 0) is 31.9 Å². The van der Waals surface area contributed by atoms with Crippen molar-refractivity contribution in [1.29, 1.82) is 0 Å². The second-order valence-corrected chi connectivity index (χ2v) is 17.0. The number of ether oxygens (including phenoxy) is 1. The maximum atomic E-state index is 12.9. The lowest BCUT2D eigenvalue weighted by molar-refractivity contribution is -0.195. The summed E-state index contributed by atoms with van der Waals surface area (Å²) in [4.78, 5) is 23.8. The number of rotatable bonds is 13. The Morgan fingerprint density at radius 3 is 2.66 bits per heavy atom. The quantitative estimate of drug-likeness (QED) is 0.139. The smallest absolute Gasteiger partial charge is 0.326 e. The van der Waals surface area contributed by atoms with Crippen molar-refractivity contribution in [3.63, 3.8) is 0 Å². The highest BCUT2D eigenvalue weighted by Gasteiger charge is 2.57. The number of cyclic esters (lactones) is 1. The van der Waals surface area contributed by atoms with E-state index in [1.807, 2.05) is 42.3 Å². The van der Waals surface area contributed by atoms with Gasteiger partial charge in [-0.1, -0.05) is 77.5 Å². The summed E-state index contributed by atoms with van der Waals surface area (Å²) in [5.74, 6) is 6.18. The van der Waals surface area contributed by atoms with Crippen molar-refractivity contribution in [2.24, 2.45) is 5.92 Å². The highest BCUT2D eigenvalue weighted by molar-refractivity contribution is 6.76. The fourth-order valence-corrected chi connectivity index (χ4v) is 11.0. The van der Waals surface area contributed by atoms with E-state index in [0.29, 0.717) is 37.3 Å². The van der Waals surface area contributed by atoms with Gasteiger partial charge in [-0.25, -0.2) is 0 Å². The van der Waals surface area contributed by atoms with E-state index in [4.69, 9.17) is 14.0 Å². The third kappa shape index (κ3) is 7.65. The first-order valence-electron chi connectivity index (χ1n) is 15.2. The van der Waals surface area contributed by atoms with Crippen molar-refractivity contribution in [2.75, 3.05) is 13.2 Å². The van der Waals surface area contributed by atoms with Gasteiger partial charge >= 0.3 is 5.97 Å². The van der Waals surface area contributed by atoms with Gasteiger partial charge in [-0.3, -0.25) is 14.6 Å². The first-order chi connectivity index (χ1) is 19.7. The highest BCUT2D eigenvalue weighted by atomic mass is 28.4. The number of carbonyl (C=O) groups is 1. The molecular weight excluding hydrogens is 530 g/mol. The number of hydroxylamine groups is 2. The predicted molar refractivity (Wildman–Crippen MR) is 164 cm³/mol. The van der Waals surface area contributed by atoms with E-state index in [2.05, 4.69) is 68.9 Å². The summed E-state index contributed by atoms with van der Waals surface area (Å²) < 4.78 is 12.6.